The van der Waals surface area contributed by atoms with E-state index in [0.717, 1.165) is 11.6 Å². The first-order valence-electron chi connectivity index (χ1n) is 11.5. The summed E-state index contributed by atoms with van der Waals surface area (Å²) in [7, 11) is 1.94. The highest BCUT2D eigenvalue weighted by Gasteiger charge is 2.39. The van der Waals surface area contributed by atoms with Gasteiger partial charge in [0, 0.05) is 32.4 Å². The molecule has 184 valence electrons. The lowest BCUT2D eigenvalue weighted by molar-refractivity contribution is 0.0524. The third kappa shape index (κ3) is 4.12. The highest BCUT2D eigenvalue weighted by molar-refractivity contribution is 5.95. The molecule has 2 aromatic carbocycles. The van der Waals surface area contributed by atoms with Crippen LogP contribution in [0, 0.1) is 17.5 Å². The molecular formula is C25H25F3N4O3. The van der Waals surface area contributed by atoms with E-state index in [2.05, 4.69) is 4.90 Å². The van der Waals surface area contributed by atoms with Crippen molar-refractivity contribution in [3.63, 3.8) is 0 Å². The van der Waals surface area contributed by atoms with E-state index >= 15 is 8.78 Å². The molecule has 3 aromatic rings. The largest absolute Gasteiger partial charge is 0.462 e. The molecule has 2 aliphatic rings. The second-order valence-electron chi connectivity index (χ2n) is 8.83. The number of fused-ring (bicyclic) bond motifs is 1. The zero-order valence-electron chi connectivity index (χ0n) is 19.4. The van der Waals surface area contributed by atoms with Crippen LogP contribution < -0.4 is 15.3 Å². The number of nitrogens with zero attached hydrogens (tertiary/aromatic N) is 4. The standard InChI is InChI=1S/C25H25F3N4O3/c1-3-35-25(34)18-13-32(31-14-20(31)15-4-6-16(26)7-5-15)22-17(24(18)33)12-19(27)23(21(22)28)30-10-8-29(2)9-11-30/h4-7,12-13,20H,3,8-11,14H2,1-2H3. The van der Waals surface area contributed by atoms with E-state index in [4.69, 9.17) is 4.74 Å². The van der Waals surface area contributed by atoms with E-state index in [9.17, 15) is 14.0 Å². The predicted molar refractivity (Wildman–Crippen MR) is 126 cm³/mol. The second-order valence-corrected chi connectivity index (χ2v) is 8.83. The van der Waals surface area contributed by atoms with Crippen LogP contribution in [0.2, 0.25) is 0 Å². The smallest absolute Gasteiger partial charge is 0.343 e. The van der Waals surface area contributed by atoms with Crippen LogP contribution in [-0.2, 0) is 4.74 Å². The fourth-order valence-electron chi connectivity index (χ4n) is 4.59. The van der Waals surface area contributed by atoms with Crippen molar-refractivity contribution in [2.45, 2.75) is 13.0 Å². The summed E-state index contributed by atoms with van der Waals surface area (Å²) in [5.41, 5.74) is -0.614. The maximum Gasteiger partial charge on any atom is 0.343 e. The highest BCUT2D eigenvalue weighted by Crippen LogP contribution is 2.37. The average molecular weight is 486 g/mol. The van der Waals surface area contributed by atoms with Crippen molar-refractivity contribution in [3.05, 3.63) is 75.3 Å². The van der Waals surface area contributed by atoms with Crippen molar-refractivity contribution < 1.29 is 22.7 Å². The molecule has 1 atom stereocenters. The molecule has 0 radical (unpaired) electrons. The van der Waals surface area contributed by atoms with Gasteiger partial charge in [0.05, 0.1) is 24.6 Å². The Morgan fingerprint density at radius 2 is 1.77 bits per heavy atom. The van der Waals surface area contributed by atoms with Gasteiger partial charge in [0.2, 0.25) is 5.43 Å². The normalized spacial score (nSPS) is 18.3. The molecular weight excluding hydrogens is 461 g/mol. The number of hydrogen-bond donors (Lipinski definition) is 0. The van der Waals surface area contributed by atoms with Gasteiger partial charge in [-0.2, -0.15) is 0 Å². The fourth-order valence-corrected chi connectivity index (χ4v) is 4.59. The molecule has 0 aliphatic carbocycles. The minimum absolute atomic E-state index is 0.0449. The van der Waals surface area contributed by atoms with Crippen molar-refractivity contribution in [1.29, 1.82) is 0 Å². The first-order chi connectivity index (χ1) is 16.8. The SMILES string of the molecule is CCOC(=O)c1cn(N2CC2c2ccc(F)cc2)c2c(F)c(N3CCN(C)CC3)c(F)cc2c1=O. The lowest BCUT2D eigenvalue weighted by Crippen LogP contribution is -2.45. The molecule has 7 nitrogen and oxygen atoms in total. The van der Waals surface area contributed by atoms with E-state index in [1.807, 2.05) is 7.05 Å². The first kappa shape index (κ1) is 23.2. The van der Waals surface area contributed by atoms with Crippen LogP contribution in [0.25, 0.3) is 10.9 Å². The van der Waals surface area contributed by atoms with Gasteiger partial charge in [0.1, 0.15) is 28.4 Å². The average Bonchev–Trinajstić information content (AvgIpc) is 3.62. The molecule has 1 aromatic heterocycles. The van der Waals surface area contributed by atoms with Crippen molar-refractivity contribution in [1.82, 2.24) is 9.58 Å². The van der Waals surface area contributed by atoms with Gasteiger partial charge >= 0.3 is 5.97 Å². The molecule has 5 rings (SSSR count). The van der Waals surface area contributed by atoms with E-state index in [-0.39, 0.29) is 40.6 Å². The molecule has 2 saturated heterocycles. The summed E-state index contributed by atoms with van der Waals surface area (Å²) in [4.78, 5) is 29.4. The van der Waals surface area contributed by atoms with Crippen LogP contribution in [0.15, 0.2) is 41.3 Å². The Labute approximate surface area is 199 Å². The van der Waals surface area contributed by atoms with Gasteiger partial charge in [-0.15, -0.1) is 0 Å². The number of piperazine rings is 1. The lowest BCUT2D eigenvalue weighted by Gasteiger charge is -2.34. The van der Waals surface area contributed by atoms with Gasteiger partial charge in [0.25, 0.3) is 0 Å². The number of ether oxygens (including phenoxy) is 1. The number of carbonyl (C=O) groups excluding carboxylic acids is 1. The molecule has 0 spiro atoms. The third-order valence-electron chi connectivity index (χ3n) is 6.57. The number of esters is 1. The van der Waals surface area contributed by atoms with Crippen molar-refractivity contribution in [3.8, 4) is 0 Å². The molecule has 2 aliphatic heterocycles. The van der Waals surface area contributed by atoms with Gasteiger partial charge in [-0.3, -0.25) is 9.47 Å². The summed E-state index contributed by atoms with van der Waals surface area (Å²) in [6.07, 6.45) is 1.25. The molecule has 0 amide bonds. The lowest BCUT2D eigenvalue weighted by atomic mass is 10.1. The minimum atomic E-state index is -0.864. The van der Waals surface area contributed by atoms with E-state index in [1.165, 1.54) is 23.0 Å². The molecule has 35 heavy (non-hydrogen) atoms. The summed E-state index contributed by atoms with van der Waals surface area (Å²) in [6.45, 7) is 4.24. The Morgan fingerprint density at radius 3 is 2.43 bits per heavy atom. The van der Waals surface area contributed by atoms with Crippen LogP contribution >= 0.6 is 0 Å². The topological polar surface area (TPSA) is 57.8 Å². The number of benzene rings is 2. The van der Waals surface area contributed by atoms with Gasteiger partial charge in [-0.05, 0) is 37.7 Å². The number of aromatic nitrogens is 1. The first-order valence-corrected chi connectivity index (χ1v) is 11.5. The Balaban J connectivity index is 1.68. The van der Waals surface area contributed by atoms with Crippen molar-refractivity contribution in [2.24, 2.45) is 0 Å². The molecule has 0 N–H and O–H groups in total. The van der Waals surface area contributed by atoms with Gasteiger partial charge in [-0.25, -0.2) is 18.0 Å². The molecule has 2 fully saturated rings. The van der Waals surface area contributed by atoms with Gasteiger partial charge < -0.3 is 19.5 Å². The monoisotopic (exact) mass is 486 g/mol. The minimum Gasteiger partial charge on any atom is -0.462 e. The molecule has 3 heterocycles. The number of pyridine rings is 1. The Bertz CT molecular complexity index is 1350. The van der Waals surface area contributed by atoms with E-state index < -0.39 is 23.0 Å². The zero-order valence-corrected chi connectivity index (χ0v) is 19.4. The predicted octanol–water partition coefficient (Wildman–Crippen LogP) is 3.04. The van der Waals surface area contributed by atoms with Crippen LogP contribution in [0.3, 0.4) is 0 Å². The van der Waals surface area contributed by atoms with Gasteiger partial charge in [-0.1, -0.05) is 12.1 Å². The maximum absolute atomic E-state index is 16.1. The molecule has 0 bridgehead atoms. The number of halogens is 3. The molecule has 0 saturated carbocycles. The fraction of sp³-hybridized carbons (Fsp3) is 0.360. The summed E-state index contributed by atoms with van der Waals surface area (Å²) in [5.74, 6) is -2.96. The quantitative estimate of drug-likeness (QED) is 0.408. The second kappa shape index (κ2) is 8.92. The van der Waals surface area contributed by atoms with Crippen molar-refractivity contribution >= 4 is 22.6 Å². The van der Waals surface area contributed by atoms with Crippen molar-refractivity contribution in [2.75, 3.05) is 56.3 Å². The van der Waals surface area contributed by atoms with Crippen LogP contribution in [-0.4, -0.2) is 61.9 Å². The van der Waals surface area contributed by atoms with Crippen LogP contribution in [0.5, 0.6) is 0 Å². The number of anilines is 1. The van der Waals surface area contributed by atoms with Crippen LogP contribution in [0.4, 0.5) is 18.9 Å². The molecule has 1 unspecified atom stereocenters. The number of rotatable bonds is 5. The highest BCUT2D eigenvalue weighted by atomic mass is 19.1. The summed E-state index contributed by atoms with van der Waals surface area (Å²) >= 11 is 0. The summed E-state index contributed by atoms with van der Waals surface area (Å²) in [6, 6.07) is 6.70. The Kier molecular flexibility index (Phi) is 5.92. The number of hydrogen-bond acceptors (Lipinski definition) is 6. The maximum atomic E-state index is 16.1. The third-order valence-corrected chi connectivity index (χ3v) is 6.57. The zero-order chi connectivity index (χ0) is 24.9. The van der Waals surface area contributed by atoms with E-state index in [1.54, 1.807) is 29.0 Å². The van der Waals surface area contributed by atoms with E-state index in [0.29, 0.717) is 32.7 Å². The van der Waals surface area contributed by atoms with Gasteiger partial charge in [0.15, 0.2) is 5.82 Å². The summed E-state index contributed by atoms with van der Waals surface area (Å²) < 4.78 is 51.1. The number of carbonyl (C=O) groups is 1. The molecule has 10 heteroatoms. The number of likely N-dealkylation sites (N-methyl/N-ethyl adjacent to an activating group) is 1. The Morgan fingerprint density at radius 1 is 1.09 bits per heavy atom. The summed E-state index contributed by atoms with van der Waals surface area (Å²) in [5, 5.41) is 1.49. The Hall–Kier alpha value is -3.53. The van der Waals surface area contributed by atoms with Crippen LogP contribution in [0.1, 0.15) is 28.9 Å².